The van der Waals surface area contributed by atoms with E-state index in [1.165, 1.54) is 41.3 Å². The summed E-state index contributed by atoms with van der Waals surface area (Å²) in [7, 11) is 0. The molecule has 2 aromatic heterocycles. The summed E-state index contributed by atoms with van der Waals surface area (Å²) in [4.78, 5) is 2.56. The largest absolute Gasteiger partial charge is 0.311 e. The number of hydrogen-bond donors (Lipinski definition) is 0. The van der Waals surface area contributed by atoms with Gasteiger partial charge in [-0.05, 0) is 51.7 Å². The fraction of sp³-hybridized carbons (Fsp3) is 0.529. The fourth-order valence-corrected chi connectivity index (χ4v) is 3.91. The first-order valence-corrected chi connectivity index (χ1v) is 8.61. The normalized spacial score (nSPS) is 19.0. The van der Waals surface area contributed by atoms with Gasteiger partial charge in [-0.25, -0.2) is 0 Å². The summed E-state index contributed by atoms with van der Waals surface area (Å²) in [6.45, 7) is 8.41. The molecule has 0 saturated heterocycles. The van der Waals surface area contributed by atoms with Gasteiger partial charge in [0.2, 0.25) is 0 Å². The number of hydrogen-bond acceptors (Lipinski definition) is 3. The van der Waals surface area contributed by atoms with Crippen LogP contribution in [-0.2, 0) is 5.41 Å². The minimum absolute atomic E-state index is 0.0886. The maximum atomic E-state index is 4.62. The Morgan fingerprint density at radius 3 is 2.57 bits per heavy atom. The third kappa shape index (κ3) is 2.16. The van der Waals surface area contributed by atoms with Gasteiger partial charge in [-0.1, -0.05) is 12.7 Å². The van der Waals surface area contributed by atoms with Crippen molar-refractivity contribution in [3.63, 3.8) is 0 Å². The van der Waals surface area contributed by atoms with Crippen molar-refractivity contribution < 1.29 is 0 Å². The van der Waals surface area contributed by atoms with Gasteiger partial charge in [0.1, 0.15) is 11.6 Å². The van der Waals surface area contributed by atoms with E-state index in [0.717, 1.165) is 5.82 Å². The van der Waals surface area contributed by atoms with Crippen molar-refractivity contribution in [2.75, 3.05) is 0 Å². The predicted octanol–water partition coefficient (Wildman–Crippen LogP) is 4.52. The Balaban J connectivity index is 1.79. The number of nitrogens with zero attached hydrogens (tertiary/aromatic N) is 3. The van der Waals surface area contributed by atoms with Gasteiger partial charge in [0.15, 0.2) is 0 Å². The Morgan fingerprint density at radius 1 is 1.24 bits per heavy atom. The van der Waals surface area contributed by atoms with Gasteiger partial charge >= 0.3 is 0 Å². The zero-order chi connectivity index (χ0) is 14.6. The van der Waals surface area contributed by atoms with E-state index in [2.05, 4.69) is 47.3 Å². The van der Waals surface area contributed by atoms with Crippen LogP contribution in [0.1, 0.15) is 72.9 Å². The zero-order valence-electron chi connectivity index (χ0n) is 12.7. The first-order chi connectivity index (χ1) is 10.1. The maximum Gasteiger partial charge on any atom is 0.144 e. The van der Waals surface area contributed by atoms with Crippen LogP contribution in [0, 0.1) is 0 Å². The van der Waals surface area contributed by atoms with Crippen LogP contribution in [0.3, 0.4) is 0 Å². The van der Waals surface area contributed by atoms with Crippen LogP contribution in [0.5, 0.6) is 0 Å². The van der Waals surface area contributed by atoms with Crippen molar-refractivity contribution in [1.29, 1.82) is 0 Å². The summed E-state index contributed by atoms with van der Waals surface area (Å²) in [6, 6.07) is 5.00. The average molecular weight is 299 g/mol. The van der Waals surface area contributed by atoms with E-state index in [0.29, 0.717) is 12.0 Å². The topological polar surface area (TPSA) is 30.7 Å². The average Bonchev–Trinajstić information content (AvgIpc) is 3.40. The molecule has 0 atom stereocenters. The molecule has 3 nitrogen and oxygen atoms in total. The van der Waals surface area contributed by atoms with Crippen LogP contribution in [0.4, 0.5) is 0 Å². The molecule has 0 unspecified atom stereocenters. The first-order valence-electron chi connectivity index (χ1n) is 7.79. The van der Waals surface area contributed by atoms with Crippen LogP contribution in [0.15, 0.2) is 18.7 Å². The summed E-state index contributed by atoms with van der Waals surface area (Å²) in [5.74, 6) is 3.04. The molecular formula is C17H21N3S. The predicted molar refractivity (Wildman–Crippen MR) is 86.8 cm³/mol. The van der Waals surface area contributed by atoms with Crippen molar-refractivity contribution in [1.82, 2.24) is 14.8 Å². The molecule has 0 bridgehead atoms. The third-order valence-electron chi connectivity index (χ3n) is 4.58. The lowest BCUT2D eigenvalue weighted by molar-refractivity contribution is 0.533. The van der Waals surface area contributed by atoms with Crippen molar-refractivity contribution in [2.45, 2.75) is 56.9 Å². The van der Waals surface area contributed by atoms with Crippen LogP contribution in [-0.4, -0.2) is 14.8 Å². The summed E-state index contributed by atoms with van der Waals surface area (Å²) in [6.07, 6.45) is 7.05. The Bertz CT molecular complexity index is 687. The van der Waals surface area contributed by atoms with Gasteiger partial charge in [-0.3, -0.25) is 0 Å². The summed E-state index contributed by atoms with van der Waals surface area (Å²) in [5.41, 5.74) is -0.0886. The van der Waals surface area contributed by atoms with Crippen LogP contribution >= 0.6 is 11.3 Å². The molecule has 2 aromatic rings. The van der Waals surface area contributed by atoms with Gasteiger partial charge in [0.25, 0.3) is 0 Å². The van der Waals surface area contributed by atoms with E-state index in [1.807, 2.05) is 17.4 Å². The lowest BCUT2D eigenvalue weighted by atomic mass is 9.90. The second kappa shape index (κ2) is 4.54. The van der Waals surface area contributed by atoms with E-state index < -0.39 is 0 Å². The van der Waals surface area contributed by atoms with Gasteiger partial charge in [-0.15, -0.1) is 21.5 Å². The highest BCUT2D eigenvalue weighted by atomic mass is 32.1. The molecule has 2 fully saturated rings. The SMILES string of the molecule is C=Cc1ccc(C(C)(C)c2nnc(C3CC3)n2C2CC2)s1. The highest BCUT2D eigenvalue weighted by Crippen LogP contribution is 2.47. The Morgan fingerprint density at radius 2 is 2.00 bits per heavy atom. The molecule has 0 amide bonds. The van der Waals surface area contributed by atoms with Gasteiger partial charge in [0, 0.05) is 21.7 Å². The smallest absolute Gasteiger partial charge is 0.144 e. The maximum absolute atomic E-state index is 4.62. The highest BCUT2D eigenvalue weighted by Gasteiger charge is 2.40. The second-order valence-corrected chi connectivity index (χ2v) is 7.90. The number of aromatic nitrogens is 3. The van der Waals surface area contributed by atoms with Crippen molar-refractivity contribution >= 4 is 17.4 Å². The van der Waals surface area contributed by atoms with Gasteiger partial charge in [0.05, 0.1) is 5.41 Å². The van der Waals surface area contributed by atoms with Gasteiger partial charge in [-0.2, -0.15) is 0 Å². The van der Waals surface area contributed by atoms with Crippen molar-refractivity contribution in [3.8, 4) is 0 Å². The fourth-order valence-electron chi connectivity index (χ4n) is 2.95. The molecule has 2 aliphatic carbocycles. The quantitative estimate of drug-likeness (QED) is 0.812. The van der Waals surface area contributed by atoms with Crippen LogP contribution in [0.25, 0.3) is 6.08 Å². The Hall–Kier alpha value is -1.42. The minimum atomic E-state index is -0.0886. The molecule has 2 heterocycles. The van der Waals surface area contributed by atoms with E-state index in [-0.39, 0.29) is 5.41 Å². The lowest BCUT2D eigenvalue weighted by Gasteiger charge is -2.24. The Kier molecular flexibility index (Phi) is 2.86. The summed E-state index contributed by atoms with van der Waals surface area (Å²) >= 11 is 1.81. The van der Waals surface area contributed by atoms with E-state index >= 15 is 0 Å². The zero-order valence-corrected chi connectivity index (χ0v) is 13.5. The second-order valence-electron chi connectivity index (χ2n) is 6.79. The Labute approximate surface area is 129 Å². The van der Waals surface area contributed by atoms with Gasteiger partial charge < -0.3 is 4.57 Å². The van der Waals surface area contributed by atoms with Crippen molar-refractivity contribution in [3.05, 3.63) is 40.1 Å². The molecular weight excluding hydrogens is 278 g/mol. The molecule has 4 rings (SSSR count). The highest BCUT2D eigenvalue weighted by molar-refractivity contribution is 7.13. The molecule has 110 valence electrons. The number of thiophene rings is 1. The summed E-state index contributed by atoms with van der Waals surface area (Å²) in [5, 5.41) is 9.17. The third-order valence-corrected chi connectivity index (χ3v) is 5.98. The minimum Gasteiger partial charge on any atom is -0.311 e. The van der Waals surface area contributed by atoms with E-state index in [4.69, 9.17) is 0 Å². The molecule has 2 saturated carbocycles. The van der Waals surface area contributed by atoms with Crippen LogP contribution in [0.2, 0.25) is 0 Å². The molecule has 21 heavy (non-hydrogen) atoms. The monoisotopic (exact) mass is 299 g/mol. The molecule has 0 N–H and O–H groups in total. The van der Waals surface area contributed by atoms with Crippen LogP contribution < -0.4 is 0 Å². The molecule has 4 heteroatoms. The lowest BCUT2D eigenvalue weighted by Crippen LogP contribution is -2.23. The van der Waals surface area contributed by atoms with E-state index in [9.17, 15) is 0 Å². The molecule has 0 aliphatic heterocycles. The molecule has 0 aromatic carbocycles. The first kappa shape index (κ1) is 13.3. The summed E-state index contributed by atoms with van der Waals surface area (Å²) < 4.78 is 2.46. The van der Waals surface area contributed by atoms with Crippen molar-refractivity contribution in [2.24, 2.45) is 0 Å². The number of rotatable bonds is 5. The molecule has 0 radical (unpaired) electrons. The standard InChI is InChI=1S/C17H21N3S/c1-4-13-9-10-14(21-13)17(2,3)16-19-18-15(11-5-6-11)20(16)12-7-8-12/h4,9-12H,1,5-8H2,2-3H3. The molecule has 0 spiro atoms. The van der Waals surface area contributed by atoms with E-state index in [1.54, 1.807) is 0 Å². The molecule has 2 aliphatic rings.